The van der Waals surface area contributed by atoms with Crippen LogP contribution in [-0.4, -0.2) is 36.1 Å². The Labute approximate surface area is 124 Å². The summed E-state index contributed by atoms with van der Waals surface area (Å²) in [5.74, 6) is -0.236. The summed E-state index contributed by atoms with van der Waals surface area (Å²) in [6, 6.07) is 9.79. The lowest BCUT2D eigenvalue weighted by molar-refractivity contribution is -0.143. The standard InChI is InChI=1S/C16H19N3O2/c1-3-21-16(20)8-9-19(2)15(10-17)13-11-18-14-7-5-4-6-12(13)14/h4-7,11,15,18H,3,8-9H2,1-2H3. The second kappa shape index (κ2) is 6.91. The van der Waals surface area contributed by atoms with Crippen molar-refractivity contribution in [2.45, 2.75) is 19.4 Å². The number of benzene rings is 1. The second-order valence-corrected chi connectivity index (χ2v) is 4.86. The van der Waals surface area contributed by atoms with Crippen LogP contribution in [0.2, 0.25) is 0 Å². The zero-order valence-corrected chi connectivity index (χ0v) is 12.3. The normalized spacial score (nSPS) is 12.3. The van der Waals surface area contributed by atoms with E-state index >= 15 is 0 Å². The lowest BCUT2D eigenvalue weighted by Crippen LogP contribution is -2.26. The largest absolute Gasteiger partial charge is 0.466 e. The smallest absolute Gasteiger partial charge is 0.307 e. The monoisotopic (exact) mass is 285 g/mol. The predicted molar refractivity (Wildman–Crippen MR) is 80.5 cm³/mol. The Hall–Kier alpha value is -2.32. The number of hydrogen-bond acceptors (Lipinski definition) is 4. The fourth-order valence-corrected chi connectivity index (χ4v) is 2.36. The van der Waals surface area contributed by atoms with Gasteiger partial charge in [0.25, 0.3) is 0 Å². The maximum Gasteiger partial charge on any atom is 0.307 e. The van der Waals surface area contributed by atoms with Gasteiger partial charge < -0.3 is 9.72 Å². The lowest BCUT2D eigenvalue weighted by Gasteiger charge is -2.21. The van der Waals surface area contributed by atoms with Gasteiger partial charge >= 0.3 is 5.97 Å². The maximum atomic E-state index is 11.4. The fourth-order valence-electron chi connectivity index (χ4n) is 2.36. The molecular weight excluding hydrogens is 266 g/mol. The molecule has 0 bridgehead atoms. The highest BCUT2D eigenvalue weighted by atomic mass is 16.5. The van der Waals surface area contributed by atoms with Crippen molar-refractivity contribution in [2.24, 2.45) is 0 Å². The molecule has 0 spiro atoms. The van der Waals surface area contributed by atoms with Gasteiger partial charge in [-0.15, -0.1) is 0 Å². The molecule has 1 unspecified atom stereocenters. The van der Waals surface area contributed by atoms with E-state index in [9.17, 15) is 10.1 Å². The van der Waals surface area contributed by atoms with Gasteiger partial charge in [0.15, 0.2) is 0 Å². The van der Waals surface area contributed by atoms with E-state index in [0.717, 1.165) is 16.5 Å². The van der Waals surface area contributed by atoms with Crippen LogP contribution in [0.15, 0.2) is 30.5 Å². The van der Waals surface area contributed by atoms with Crippen molar-refractivity contribution in [3.8, 4) is 6.07 Å². The molecule has 0 aliphatic carbocycles. The average Bonchev–Trinajstić information content (AvgIpc) is 2.90. The highest BCUT2D eigenvalue weighted by Crippen LogP contribution is 2.27. The van der Waals surface area contributed by atoms with Crippen LogP contribution in [0.25, 0.3) is 10.9 Å². The molecule has 0 amide bonds. The molecule has 110 valence electrons. The maximum absolute atomic E-state index is 11.4. The van der Waals surface area contributed by atoms with E-state index in [1.54, 1.807) is 6.92 Å². The third-order valence-electron chi connectivity index (χ3n) is 3.45. The van der Waals surface area contributed by atoms with Crippen LogP contribution < -0.4 is 0 Å². The topological polar surface area (TPSA) is 69.1 Å². The van der Waals surface area contributed by atoms with Crippen molar-refractivity contribution in [1.29, 1.82) is 5.26 Å². The number of carbonyl (C=O) groups excluding carboxylic acids is 1. The van der Waals surface area contributed by atoms with Crippen LogP contribution in [-0.2, 0) is 9.53 Å². The molecule has 0 fully saturated rings. The summed E-state index contributed by atoms with van der Waals surface area (Å²) in [6.45, 7) is 2.65. The third kappa shape index (κ3) is 3.41. The van der Waals surface area contributed by atoms with E-state index < -0.39 is 6.04 Å². The zero-order valence-electron chi connectivity index (χ0n) is 12.3. The molecule has 5 nitrogen and oxygen atoms in total. The number of carbonyl (C=O) groups is 1. The molecule has 1 aromatic heterocycles. The van der Waals surface area contributed by atoms with E-state index in [-0.39, 0.29) is 12.4 Å². The molecule has 5 heteroatoms. The summed E-state index contributed by atoms with van der Waals surface area (Å²) in [7, 11) is 1.84. The zero-order chi connectivity index (χ0) is 15.2. The highest BCUT2D eigenvalue weighted by Gasteiger charge is 2.20. The Balaban J connectivity index is 2.12. The average molecular weight is 285 g/mol. The SMILES string of the molecule is CCOC(=O)CCN(C)C(C#N)c1c[nH]c2ccccc12. The number of aromatic amines is 1. The van der Waals surface area contributed by atoms with Crippen molar-refractivity contribution < 1.29 is 9.53 Å². The molecule has 2 rings (SSSR count). The van der Waals surface area contributed by atoms with E-state index in [2.05, 4.69) is 11.1 Å². The second-order valence-electron chi connectivity index (χ2n) is 4.86. The minimum Gasteiger partial charge on any atom is -0.466 e. The van der Waals surface area contributed by atoms with Crippen molar-refractivity contribution in [3.05, 3.63) is 36.0 Å². The molecule has 0 aliphatic rings. The number of fused-ring (bicyclic) bond motifs is 1. The Bertz CT molecular complexity index is 657. The van der Waals surface area contributed by atoms with Gasteiger partial charge in [-0.05, 0) is 20.0 Å². The van der Waals surface area contributed by atoms with E-state index in [1.807, 2.05) is 42.4 Å². The fraction of sp³-hybridized carbons (Fsp3) is 0.375. The molecule has 0 saturated heterocycles. The van der Waals surface area contributed by atoms with Crippen LogP contribution in [0, 0.1) is 11.3 Å². The molecule has 0 aliphatic heterocycles. The summed E-state index contributed by atoms with van der Waals surface area (Å²) in [6.07, 6.45) is 2.14. The number of nitrogens with zero attached hydrogens (tertiary/aromatic N) is 2. The van der Waals surface area contributed by atoms with Gasteiger partial charge in [-0.2, -0.15) is 5.26 Å². The molecule has 2 aromatic rings. The first kappa shape index (κ1) is 15.1. The number of esters is 1. The Morgan fingerprint density at radius 3 is 2.95 bits per heavy atom. The Morgan fingerprint density at radius 2 is 2.24 bits per heavy atom. The van der Waals surface area contributed by atoms with E-state index in [1.165, 1.54) is 0 Å². The number of ether oxygens (including phenoxy) is 1. The summed E-state index contributed by atoms with van der Waals surface area (Å²) in [4.78, 5) is 16.5. The number of nitriles is 1. The summed E-state index contributed by atoms with van der Waals surface area (Å²) in [5.41, 5.74) is 1.94. The summed E-state index contributed by atoms with van der Waals surface area (Å²) >= 11 is 0. The van der Waals surface area contributed by atoms with Gasteiger partial charge in [0, 0.05) is 29.2 Å². The van der Waals surface area contributed by atoms with Gasteiger partial charge in [0.05, 0.1) is 19.1 Å². The van der Waals surface area contributed by atoms with Crippen molar-refractivity contribution in [1.82, 2.24) is 9.88 Å². The van der Waals surface area contributed by atoms with Crippen molar-refractivity contribution in [3.63, 3.8) is 0 Å². The summed E-state index contributed by atoms with van der Waals surface area (Å²) < 4.78 is 4.91. The van der Waals surface area contributed by atoms with Gasteiger partial charge in [-0.3, -0.25) is 9.69 Å². The number of rotatable bonds is 6. The molecule has 1 aromatic carbocycles. The van der Waals surface area contributed by atoms with Crippen LogP contribution >= 0.6 is 0 Å². The van der Waals surface area contributed by atoms with Crippen LogP contribution in [0.1, 0.15) is 24.9 Å². The number of hydrogen-bond donors (Lipinski definition) is 1. The minimum absolute atomic E-state index is 0.236. The molecular formula is C16H19N3O2. The van der Waals surface area contributed by atoms with Crippen LogP contribution in [0.5, 0.6) is 0 Å². The molecule has 1 atom stereocenters. The van der Waals surface area contributed by atoms with Crippen LogP contribution in [0.4, 0.5) is 0 Å². The van der Waals surface area contributed by atoms with Crippen molar-refractivity contribution >= 4 is 16.9 Å². The van der Waals surface area contributed by atoms with Crippen LogP contribution in [0.3, 0.4) is 0 Å². The van der Waals surface area contributed by atoms with Gasteiger partial charge in [-0.25, -0.2) is 0 Å². The first-order valence-corrected chi connectivity index (χ1v) is 6.98. The number of aromatic nitrogens is 1. The van der Waals surface area contributed by atoms with Gasteiger partial charge in [0.2, 0.25) is 0 Å². The quantitative estimate of drug-likeness (QED) is 0.828. The third-order valence-corrected chi connectivity index (χ3v) is 3.45. The number of nitrogens with one attached hydrogen (secondary N) is 1. The minimum atomic E-state index is -0.393. The molecule has 0 radical (unpaired) electrons. The molecule has 21 heavy (non-hydrogen) atoms. The Kier molecular flexibility index (Phi) is 4.96. The van der Waals surface area contributed by atoms with Gasteiger partial charge in [0.1, 0.15) is 6.04 Å². The highest BCUT2D eigenvalue weighted by molar-refractivity contribution is 5.83. The molecule has 0 saturated carbocycles. The lowest BCUT2D eigenvalue weighted by atomic mass is 10.1. The first-order valence-electron chi connectivity index (χ1n) is 6.98. The molecule has 1 heterocycles. The van der Waals surface area contributed by atoms with Crippen molar-refractivity contribution in [2.75, 3.05) is 20.2 Å². The van der Waals surface area contributed by atoms with Gasteiger partial charge in [-0.1, -0.05) is 18.2 Å². The van der Waals surface area contributed by atoms with E-state index in [0.29, 0.717) is 13.2 Å². The van der Waals surface area contributed by atoms with E-state index in [4.69, 9.17) is 4.74 Å². The Morgan fingerprint density at radius 1 is 1.48 bits per heavy atom. The first-order chi connectivity index (χ1) is 10.2. The molecule has 1 N–H and O–H groups in total. The number of para-hydroxylation sites is 1. The predicted octanol–water partition coefficient (Wildman–Crippen LogP) is 2.62. The summed E-state index contributed by atoms with van der Waals surface area (Å²) in [5, 5.41) is 10.5. The number of H-pyrrole nitrogens is 1.